The van der Waals surface area contributed by atoms with Crippen molar-refractivity contribution in [2.75, 3.05) is 4.90 Å². The molecule has 3 heterocycles. The van der Waals surface area contributed by atoms with Gasteiger partial charge in [0.1, 0.15) is 11.8 Å². The van der Waals surface area contributed by atoms with Gasteiger partial charge >= 0.3 is 6.09 Å². The highest BCUT2D eigenvalue weighted by molar-refractivity contribution is 6.31. The van der Waals surface area contributed by atoms with E-state index in [0.717, 1.165) is 11.1 Å². The molecule has 0 unspecified atom stereocenters. The lowest BCUT2D eigenvalue weighted by molar-refractivity contribution is 0.132. The molecule has 3 aromatic rings. The van der Waals surface area contributed by atoms with Gasteiger partial charge in [-0.2, -0.15) is 0 Å². The van der Waals surface area contributed by atoms with Crippen molar-refractivity contribution in [3.63, 3.8) is 0 Å². The van der Waals surface area contributed by atoms with Crippen LogP contribution in [0.4, 0.5) is 10.5 Å². The molecule has 2 atom stereocenters. The van der Waals surface area contributed by atoms with E-state index in [1.165, 1.54) is 0 Å². The van der Waals surface area contributed by atoms with E-state index in [-0.39, 0.29) is 6.04 Å². The minimum Gasteiger partial charge on any atom is -0.455 e. The van der Waals surface area contributed by atoms with E-state index in [0.29, 0.717) is 22.2 Å². The third kappa shape index (κ3) is 2.24. The van der Waals surface area contributed by atoms with E-state index in [4.69, 9.17) is 21.1 Å². The third-order valence-electron chi connectivity index (χ3n) is 4.66. The lowest BCUT2D eigenvalue weighted by atomic mass is 9.95. The number of anilines is 1. The highest BCUT2D eigenvalue weighted by atomic mass is 35.5. The number of cyclic esters (lactones) is 1. The summed E-state index contributed by atoms with van der Waals surface area (Å²) in [6.07, 6.45) is 2.48. The number of pyridine rings is 1. The number of aromatic nitrogens is 1. The summed E-state index contributed by atoms with van der Waals surface area (Å²) in [5, 5.41) is 0.525. The number of nitrogens with zero attached hydrogens (tertiary/aromatic N) is 2. The maximum Gasteiger partial charge on any atom is 0.415 e. The van der Waals surface area contributed by atoms with Crippen LogP contribution < -0.4 is 9.64 Å². The zero-order valence-electron chi connectivity index (χ0n) is 13.5. The number of hydrogen-bond donors (Lipinski definition) is 0. The summed E-state index contributed by atoms with van der Waals surface area (Å²) in [7, 11) is 0. The smallest absolute Gasteiger partial charge is 0.415 e. The van der Waals surface area contributed by atoms with E-state index < -0.39 is 12.2 Å². The maximum atomic E-state index is 12.8. The Morgan fingerprint density at radius 1 is 1.00 bits per heavy atom. The first-order valence-corrected chi connectivity index (χ1v) is 8.56. The van der Waals surface area contributed by atoms with Crippen molar-refractivity contribution < 1.29 is 14.3 Å². The number of benzene rings is 2. The van der Waals surface area contributed by atoms with Crippen LogP contribution in [0.15, 0.2) is 67.0 Å². The predicted octanol–water partition coefficient (Wildman–Crippen LogP) is 5.28. The quantitative estimate of drug-likeness (QED) is 0.589. The van der Waals surface area contributed by atoms with Crippen LogP contribution in [0.25, 0.3) is 0 Å². The van der Waals surface area contributed by atoms with Crippen molar-refractivity contribution >= 4 is 23.4 Å². The summed E-state index contributed by atoms with van der Waals surface area (Å²) in [5.74, 6) is 1.26. The Hall–Kier alpha value is -3.05. The topological polar surface area (TPSA) is 51.7 Å². The standard InChI is InChI=1S/C20H13ClN2O3/c21-13-5-6-17-15(11-13)23-18(14-3-1-2-4-16(14)25-17)19(26-20(23)24)12-7-9-22-10-8-12/h1-11,18-19H/t18-,19-/m1/s1. The first kappa shape index (κ1) is 15.2. The summed E-state index contributed by atoms with van der Waals surface area (Å²) in [6, 6.07) is 16.3. The number of rotatable bonds is 1. The molecule has 0 N–H and O–H groups in total. The van der Waals surface area contributed by atoms with Gasteiger partial charge < -0.3 is 9.47 Å². The minimum absolute atomic E-state index is 0.360. The number of hydrogen-bond acceptors (Lipinski definition) is 4. The molecule has 5 rings (SSSR count). The van der Waals surface area contributed by atoms with Gasteiger partial charge in [-0.15, -0.1) is 0 Å². The molecule has 2 aromatic carbocycles. The molecule has 1 saturated heterocycles. The van der Waals surface area contributed by atoms with Gasteiger partial charge in [0.15, 0.2) is 11.9 Å². The van der Waals surface area contributed by atoms with Crippen LogP contribution in [0.1, 0.15) is 23.3 Å². The number of amides is 1. The molecule has 0 spiro atoms. The molecule has 2 aliphatic heterocycles. The summed E-state index contributed by atoms with van der Waals surface area (Å²) in [6.45, 7) is 0. The lowest BCUT2D eigenvalue weighted by Gasteiger charge is -2.23. The Morgan fingerprint density at radius 2 is 1.81 bits per heavy atom. The van der Waals surface area contributed by atoms with Crippen molar-refractivity contribution in [2.24, 2.45) is 0 Å². The van der Waals surface area contributed by atoms with E-state index in [2.05, 4.69) is 4.98 Å². The van der Waals surface area contributed by atoms with Crippen molar-refractivity contribution in [1.82, 2.24) is 4.98 Å². The van der Waals surface area contributed by atoms with Crippen LogP contribution in [-0.4, -0.2) is 11.1 Å². The van der Waals surface area contributed by atoms with Crippen LogP contribution in [0.2, 0.25) is 5.02 Å². The number of carbonyl (C=O) groups excluding carboxylic acids is 1. The number of ether oxygens (including phenoxy) is 2. The number of halogens is 1. The first-order valence-electron chi connectivity index (χ1n) is 8.18. The molecule has 26 heavy (non-hydrogen) atoms. The molecule has 0 aliphatic carbocycles. The van der Waals surface area contributed by atoms with Gasteiger partial charge in [0, 0.05) is 23.0 Å². The summed E-state index contributed by atoms with van der Waals surface area (Å²) in [4.78, 5) is 18.5. The van der Waals surface area contributed by atoms with Gasteiger partial charge in [-0.05, 0) is 42.0 Å². The molecule has 1 amide bonds. The molecule has 1 fully saturated rings. The van der Waals surface area contributed by atoms with Crippen molar-refractivity contribution in [3.05, 3.63) is 83.1 Å². The number of para-hydroxylation sites is 1. The Kier molecular flexibility index (Phi) is 3.36. The van der Waals surface area contributed by atoms with Crippen molar-refractivity contribution in [1.29, 1.82) is 0 Å². The fourth-order valence-electron chi connectivity index (χ4n) is 3.53. The Balaban J connectivity index is 1.76. The molecule has 0 radical (unpaired) electrons. The number of fused-ring (bicyclic) bond motifs is 5. The molecule has 128 valence electrons. The molecule has 0 bridgehead atoms. The van der Waals surface area contributed by atoms with E-state index in [9.17, 15) is 4.79 Å². The number of carbonyl (C=O) groups is 1. The largest absolute Gasteiger partial charge is 0.455 e. The zero-order chi connectivity index (χ0) is 17.7. The molecule has 0 saturated carbocycles. The highest BCUT2D eigenvalue weighted by Crippen LogP contribution is 2.53. The predicted molar refractivity (Wildman–Crippen MR) is 96.6 cm³/mol. The zero-order valence-corrected chi connectivity index (χ0v) is 14.3. The molecule has 5 nitrogen and oxygen atoms in total. The summed E-state index contributed by atoms with van der Waals surface area (Å²) >= 11 is 6.19. The Labute approximate surface area is 154 Å². The monoisotopic (exact) mass is 364 g/mol. The van der Waals surface area contributed by atoms with Crippen molar-refractivity contribution in [2.45, 2.75) is 12.1 Å². The first-order chi connectivity index (χ1) is 12.7. The highest BCUT2D eigenvalue weighted by Gasteiger charge is 2.48. The van der Waals surface area contributed by atoms with E-state index in [1.54, 1.807) is 35.5 Å². The van der Waals surface area contributed by atoms with Crippen LogP contribution in [-0.2, 0) is 4.74 Å². The second kappa shape index (κ2) is 5.75. The second-order valence-electron chi connectivity index (χ2n) is 6.15. The van der Waals surface area contributed by atoms with Crippen LogP contribution in [0.3, 0.4) is 0 Å². The maximum absolute atomic E-state index is 12.8. The minimum atomic E-state index is -0.472. The van der Waals surface area contributed by atoms with Crippen molar-refractivity contribution in [3.8, 4) is 11.5 Å². The average Bonchev–Trinajstić information content (AvgIpc) is 2.93. The lowest BCUT2D eigenvalue weighted by Crippen LogP contribution is -2.27. The fourth-order valence-corrected chi connectivity index (χ4v) is 3.70. The average molecular weight is 365 g/mol. The van der Waals surface area contributed by atoms with E-state index in [1.807, 2.05) is 36.4 Å². The van der Waals surface area contributed by atoms with Crippen LogP contribution >= 0.6 is 11.6 Å². The SMILES string of the molecule is O=C1O[C@H](c2ccncc2)[C@H]2c3ccccc3Oc3ccc(Cl)cc3N12. The van der Waals surface area contributed by atoms with Gasteiger partial charge in [-0.1, -0.05) is 29.8 Å². The molecule has 6 heteroatoms. The van der Waals surface area contributed by atoms with Gasteiger partial charge in [-0.25, -0.2) is 4.79 Å². The summed E-state index contributed by atoms with van der Waals surface area (Å²) in [5.41, 5.74) is 2.36. The molecule has 1 aromatic heterocycles. The molecular formula is C20H13ClN2O3. The van der Waals surface area contributed by atoms with Gasteiger partial charge in [0.05, 0.1) is 5.69 Å². The Morgan fingerprint density at radius 3 is 2.65 bits per heavy atom. The fraction of sp³-hybridized carbons (Fsp3) is 0.100. The molecule has 2 aliphatic rings. The van der Waals surface area contributed by atoms with Crippen LogP contribution in [0.5, 0.6) is 11.5 Å². The molecular weight excluding hydrogens is 352 g/mol. The summed E-state index contributed by atoms with van der Waals surface area (Å²) < 4.78 is 11.9. The normalized spacial score (nSPS) is 20.3. The van der Waals surface area contributed by atoms with Gasteiger partial charge in [0.2, 0.25) is 0 Å². The Bertz CT molecular complexity index is 1010. The van der Waals surface area contributed by atoms with E-state index >= 15 is 0 Å². The third-order valence-corrected chi connectivity index (χ3v) is 4.90. The van der Waals surface area contributed by atoms with Gasteiger partial charge in [0.25, 0.3) is 0 Å². The van der Waals surface area contributed by atoms with Crippen LogP contribution in [0, 0.1) is 0 Å². The second-order valence-corrected chi connectivity index (χ2v) is 6.59. The van der Waals surface area contributed by atoms with Gasteiger partial charge in [-0.3, -0.25) is 9.88 Å².